The molecule has 5 aromatic rings. The molecular formula is C18H12N4OS4. The van der Waals surface area contributed by atoms with E-state index in [1.54, 1.807) is 40.8 Å². The molecule has 5 nitrogen and oxygen atoms in total. The lowest BCUT2D eigenvalue weighted by molar-refractivity contribution is 0.922. The molecule has 0 aliphatic heterocycles. The van der Waals surface area contributed by atoms with Crippen LogP contribution in [0.25, 0.3) is 30.9 Å². The maximum atomic E-state index is 12.8. The van der Waals surface area contributed by atoms with Crippen molar-refractivity contribution in [3.05, 3.63) is 56.8 Å². The first-order valence-electron chi connectivity index (χ1n) is 8.11. The van der Waals surface area contributed by atoms with E-state index in [0.29, 0.717) is 11.2 Å². The van der Waals surface area contributed by atoms with Gasteiger partial charge in [0.05, 0.1) is 10.6 Å². The summed E-state index contributed by atoms with van der Waals surface area (Å²) in [6.45, 7) is 2.03. The minimum absolute atomic E-state index is 0.0348. The van der Waals surface area contributed by atoms with Gasteiger partial charge in [-0.05, 0) is 29.8 Å². The fourth-order valence-electron chi connectivity index (χ4n) is 2.86. The van der Waals surface area contributed by atoms with E-state index in [9.17, 15) is 4.79 Å². The number of hydrogen-bond acceptors (Lipinski definition) is 8. The summed E-state index contributed by atoms with van der Waals surface area (Å²) in [7, 11) is 0. The number of aromatic amines is 1. The number of rotatable bonds is 4. The summed E-state index contributed by atoms with van der Waals surface area (Å²) in [6, 6.07) is 6.05. The molecule has 1 unspecified atom stereocenters. The van der Waals surface area contributed by atoms with Crippen LogP contribution in [-0.2, 0) is 0 Å². The van der Waals surface area contributed by atoms with Gasteiger partial charge in [0.1, 0.15) is 26.8 Å². The van der Waals surface area contributed by atoms with E-state index in [0.717, 1.165) is 30.5 Å². The highest BCUT2D eigenvalue weighted by Gasteiger charge is 2.18. The second kappa shape index (κ2) is 6.83. The number of aromatic nitrogens is 4. The maximum absolute atomic E-state index is 12.8. The Morgan fingerprint density at radius 2 is 2.04 bits per heavy atom. The van der Waals surface area contributed by atoms with Gasteiger partial charge in [0.25, 0.3) is 5.56 Å². The molecule has 27 heavy (non-hydrogen) atoms. The fourth-order valence-corrected chi connectivity index (χ4v) is 6.38. The highest BCUT2D eigenvalue weighted by molar-refractivity contribution is 7.99. The van der Waals surface area contributed by atoms with Gasteiger partial charge >= 0.3 is 0 Å². The van der Waals surface area contributed by atoms with Crippen molar-refractivity contribution in [2.45, 2.75) is 17.2 Å². The van der Waals surface area contributed by atoms with Gasteiger partial charge in [0.2, 0.25) is 0 Å². The molecule has 0 aromatic carbocycles. The van der Waals surface area contributed by atoms with E-state index in [1.807, 2.05) is 41.3 Å². The van der Waals surface area contributed by atoms with Crippen LogP contribution in [-0.4, -0.2) is 19.9 Å². The number of nitrogens with zero attached hydrogens (tertiary/aromatic N) is 3. The van der Waals surface area contributed by atoms with Gasteiger partial charge in [-0.1, -0.05) is 17.8 Å². The molecule has 0 spiro atoms. The predicted molar refractivity (Wildman–Crippen MR) is 115 cm³/mol. The smallest absolute Gasteiger partial charge is 0.260 e. The van der Waals surface area contributed by atoms with Crippen molar-refractivity contribution in [2.75, 3.05) is 0 Å². The lowest BCUT2D eigenvalue weighted by atomic mass is 10.2. The highest BCUT2D eigenvalue weighted by atomic mass is 32.2. The summed E-state index contributed by atoms with van der Waals surface area (Å²) in [5.74, 6) is 0.666. The molecule has 0 saturated heterocycles. The number of hydrogen-bond donors (Lipinski definition) is 1. The molecule has 1 N–H and O–H groups in total. The standard InChI is InChI=1S/C18H12N4OS4/c1-9(27-17-10-4-6-25-16(10)19-8-20-17)14-21-15(23)13-11(7-26-18(13)22-14)12-3-2-5-24-12/h2-9H,1H3,(H,21,22,23). The molecule has 0 aliphatic carbocycles. The van der Waals surface area contributed by atoms with E-state index < -0.39 is 0 Å². The second-order valence-electron chi connectivity index (χ2n) is 5.84. The third-order valence-corrected chi connectivity index (χ3v) is 7.87. The Kier molecular flexibility index (Phi) is 4.31. The molecule has 5 aromatic heterocycles. The number of thioether (sulfide) groups is 1. The summed E-state index contributed by atoms with van der Waals surface area (Å²) in [6.07, 6.45) is 1.58. The SMILES string of the molecule is CC(Sc1ncnc2sccc12)c1nc2scc(-c3cccs3)c2c(=O)[nH]1. The van der Waals surface area contributed by atoms with Gasteiger partial charge in [0, 0.05) is 21.2 Å². The zero-order valence-electron chi connectivity index (χ0n) is 14.0. The third-order valence-electron chi connectivity index (χ3n) is 4.15. The van der Waals surface area contributed by atoms with Gasteiger partial charge in [-0.2, -0.15) is 0 Å². The molecule has 0 fully saturated rings. The van der Waals surface area contributed by atoms with Crippen molar-refractivity contribution in [2.24, 2.45) is 0 Å². The molecule has 1 atom stereocenters. The Bertz CT molecular complexity index is 1300. The molecule has 0 radical (unpaired) electrons. The van der Waals surface area contributed by atoms with Gasteiger partial charge in [-0.15, -0.1) is 34.0 Å². The monoisotopic (exact) mass is 428 g/mol. The zero-order chi connectivity index (χ0) is 18.4. The second-order valence-corrected chi connectivity index (χ2v) is 9.87. The topological polar surface area (TPSA) is 71.5 Å². The molecule has 0 aliphatic rings. The Morgan fingerprint density at radius 1 is 1.11 bits per heavy atom. The summed E-state index contributed by atoms with van der Waals surface area (Å²) in [4.78, 5) is 32.0. The molecule has 0 amide bonds. The fraction of sp³-hybridized carbons (Fsp3) is 0.111. The van der Waals surface area contributed by atoms with Crippen molar-refractivity contribution >= 4 is 66.2 Å². The normalized spacial score (nSPS) is 12.8. The molecule has 0 saturated carbocycles. The lowest BCUT2D eigenvalue weighted by Gasteiger charge is -2.10. The quantitative estimate of drug-likeness (QED) is 0.299. The van der Waals surface area contributed by atoms with E-state index in [2.05, 4.69) is 15.0 Å². The number of H-pyrrole nitrogens is 1. The molecular weight excluding hydrogens is 416 g/mol. The van der Waals surface area contributed by atoms with Crippen molar-refractivity contribution in [3.63, 3.8) is 0 Å². The van der Waals surface area contributed by atoms with E-state index >= 15 is 0 Å². The van der Waals surface area contributed by atoms with Crippen LogP contribution < -0.4 is 5.56 Å². The number of fused-ring (bicyclic) bond motifs is 2. The van der Waals surface area contributed by atoms with Crippen molar-refractivity contribution in [1.82, 2.24) is 19.9 Å². The molecule has 5 heterocycles. The van der Waals surface area contributed by atoms with Crippen molar-refractivity contribution in [3.8, 4) is 10.4 Å². The van der Waals surface area contributed by atoms with Crippen LogP contribution in [0.3, 0.4) is 0 Å². The van der Waals surface area contributed by atoms with E-state index in [4.69, 9.17) is 4.98 Å². The minimum Gasteiger partial charge on any atom is -0.309 e. The van der Waals surface area contributed by atoms with Crippen LogP contribution >= 0.6 is 45.8 Å². The van der Waals surface area contributed by atoms with Crippen LogP contribution in [0.5, 0.6) is 0 Å². The third kappa shape index (κ3) is 3.00. The van der Waals surface area contributed by atoms with Gasteiger partial charge in [-0.3, -0.25) is 4.79 Å². The molecule has 9 heteroatoms. The maximum Gasteiger partial charge on any atom is 0.260 e. The average molecular weight is 429 g/mol. The van der Waals surface area contributed by atoms with Crippen LogP contribution in [0.4, 0.5) is 0 Å². The number of thiophene rings is 3. The first-order chi connectivity index (χ1) is 13.2. The molecule has 5 rings (SSSR count). The van der Waals surface area contributed by atoms with Crippen molar-refractivity contribution < 1.29 is 0 Å². The van der Waals surface area contributed by atoms with E-state index in [-0.39, 0.29) is 10.8 Å². The summed E-state index contributed by atoms with van der Waals surface area (Å²) in [5.41, 5.74) is 0.872. The van der Waals surface area contributed by atoms with Gasteiger partial charge in [-0.25, -0.2) is 15.0 Å². The van der Waals surface area contributed by atoms with Gasteiger partial charge in [0.15, 0.2) is 0 Å². The first-order valence-corrected chi connectivity index (χ1v) is 11.6. The Balaban J connectivity index is 1.53. The highest BCUT2D eigenvalue weighted by Crippen LogP contribution is 2.38. The van der Waals surface area contributed by atoms with Gasteiger partial charge < -0.3 is 4.98 Å². The Labute approximate surface area is 170 Å². The lowest BCUT2D eigenvalue weighted by Crippen LogP contribution is -2.12. The summed E-state index contributed by atoms with van der Waals surface area (Å²) in [5, 5.41) is 8.62. The minimum atomic E-state index is -0.0875. The van der Waals surface area contributed by atoms with Crippen LogP contribution in [0.1, 0.15) is 18.0 Å². The Morgan fingerprint density at radius 3 is 2.89 bits per heavy atom. The van der Waals surface area contributed by atoms with E-state index in [1.165, 1.54) is 11.3 Å². The number of nitrogens with one attached hydrogen (secondary N) is 1. The largest absolute Gasteiger partial charge is 0.309 e. The van der Waals surface area contributed by atoms with Crippen LogP contribution in [0, 0.1) is 0 Å². The summed E-state index contributed by atoms with van der Waals surface area (Å²) >= 11 is 6.31. The molecule has 0 bridgehead atoms. The average Bonchev–Trinajstić information content (AvgIpc) is 3.41. The Hall–Kier alpha value is -2.07. The zero-order valence-corrected chi connectivity index (χ0v) is 17.3. The van der Waals surface area contributed by atoms with Crippen molar-refractivity contribution in [1.29, 1.82) is 0 Å². The van der Waals surface area contributed by atoms with Crippen LogP contribution in [0.15, 0.2) is 50.5 Å². The molecule has 134 valence electrons. The first kappa shape index (κ1) is 17.1. The summed E-state index contributed by atoms with van der Waals surface area (Å²) < 4.78 is 0. The predicted octanol–water partition coefficient (Wildman–Crippen LogP) is 5.57. The van der Waals surface area contributed by atoms with Crippen LogP contribution in [0.2, 0.25) is 0 Å².